The van der Waals surface area contributed by atoms with Gasteiger partial charge in [0.25, 0.3) is 0 Å². The first-order valence-corrected chi connectivity index (χ1v) is 6.67. The van der Waals surface area contributed by atoms with E-state index in [9.17, 15) is 9.18 Å². The fourth-order valence-corrected chi connectivity index (χ4v) is 2.05. The van der Waals surface area contributed by atoms with Crippen molar-refractivity contribution >= 4 is 17.6 Å². The van der Waals surface area contributed by atoms with Gasteiger partial charge in [0.15, 0.2) is 0 Å². The van der Waals surface area contributed by atoms with Crippen molar-refractivity contribution < 1.29 is 18.3 Å². The predicted octanol–water partition coefficient (Wildman–Crippen LogP) is 4.22. The summed E-state index contributed by atoms with van der Waals surface area (Å²) >= 11 is 5.93. The molecule has 0 N–H and O–H groups in total. The number of hydrogen-bond acceptors (Lipinski definition) is 4. The van der Waals surface area contributed by atoms with Crippen molar-refractivity contribution in [2.45, 2.75) is 26.2 Å². The fourth-order valence-electron chi connectivity index (χ4n) is 1.84. The third-order valence-corrected chi connectivity index (χ3v) is 3.27. The zero-order chi connectivity index (χ0) is 15.8. The number of ether oxygens (including phenoxy) is 1. The first-order chi connectivity index (χ1) is 9.75. The lowest BCUT2D eigenvalue weighted by atomic mass is 9.91. The molecule has 1 aromatic heterocycles. The molecule has 0 unspecified atom stereocenters. The molecule has 2 aromatic rings. The molecule has 1 aromatic carbocycles. The quantitative estimate of drug-likeness (QED) is 0.779. The molecule has 0 aliphatic heterocycles. The highest BCUT2D eigenvalue weighted by Crippen LogP contribution is 2.34. The molecular weight excluding hydrogens is 297 g/mol. The second-order valence-electron chi connectivity index (χ2n) is 5.54. The molecule has 21 heavy (non-hydrogen) atoms. The maximum atomic E-state index is 13.5. The smallest absolute Gasteiger partial charge is 0.376 e. The summed E-state index contributed by atoms with van der Waals surface area (Å²) in [5.74, 6) is -1.12. The van der Waals surface area contributed by atoms with Crippen LogP contribution in [0.15, 0.2) is 22.6 Å². The average Bonchev–Trinajstić information content (AvgIpc) is 2.86. The van der Waals surface area contributed by atoms with E-state index in [1.165, 1.54) is 19.2 Å². The second-order valence-corrected chi connectivity index (χ2v) is 5.92. The molecule has 4 nitrogen and oxygen atoms in total. The van der Waals surface area contributed by atoms with Gasteiger partial charge < -0.3 is 9.15 Å². The van der Waals surface area contributed by atoms with E-state index in [4.69, 9.17) is 20.8 Å². The normalized spacial score (nSPS) is 11.5. The molecule has 0 amide bonds. The summed E-state index contributed by atoms with van der Waals surface area (Å²) < 4.78 is 23.7. The van der Waals surface area contributed by atoms with Crippen LogP contribution in [0.25, 0.3) is 11.5 Å². The van der Waals surface area contributed by atoms with Crippen molar-refractivity contribution in [2.24, 2.45) is 0 Å². The van der Waals surface area contributed by atoms with Crippen molar-refractivity contribution in [1.82, 2.24) is 4.98 Å². The highest BCUT2D eigenvalue weighted by molar-refractivity contribution is 6.33. The van der Waals surface area contributed by atoms with Gasteiger partial charge in [-0.25, -0.2) is 14.2 Å². The molecule has 1 heterocycles. The Bertz CT molecular complexity index is 689. The Kier molecular flexibility index (Phi) is 4.05. The van der Waals surface area contributed by atoms with Gasteiger partial charge in [-0.05, 0) is 12.1 Å². The number of nitrogens with zero attached hydrogens (tertiary/aromatic N) is 1. The first kappa shape index (κ1) is 15.5. The maximum absolute atomic E-state index is 13.5. The zero-order valence-corrected chi connectivity index (χ0v) is 12.9. The minimum atomic E-state index is -0.633. The Balaban J connectivity index is 2.64. The monoisotopic (exact) mass is 311 g/mol. The van der Waals surface area contributed by atoms with E-state index in [1.807, 2.05) is 20.8 Å². The van der Waals surface area contributed by atoms with Gasteiger partial charge in [0.2, 0.25) is 11.7 Å². The second kappa shape index (κ2) is 5.48. The topological polar surface area (TPSA) is 52.3 Å². The zero-order valence-electron chi connectivity index (χ0n) is 12.2. The molecule has 6 heteroatoms. The molecule has 0 fully saturated rings. The lowest BCUT2D eigenvalue weighted by molar-refractivity contribution is 0.0562. The lowest BCUT2D eigenvalue weighted by Crippen LogP contribution is -2.17. The Hall–Kier alpha value is -1.88. The summed E-state index contributed by atoms with van der Waals surface area (Å²) in [4.78, 5) is 16.1. The summed E-state index contributed by atoms with van der Waals surface area (Å²) in [6, 6.07) is 4.31. The summed E-state index contributed by atoms with van der Waals surface area (Å²) in [6.45, 7) is 5.65. The van der Waals surface area contributed by atoms with Gasteiger partial charge in [0, 0.05) is 5.41 Å². The van der Waals surface area contributed by atoms with Crippen LogP contribution >= 0.6 is 11.6 Å². The van der Waals surface area contributed by atoms with Gasteiger partial charge in [-0.3, -0.25) is 0 Å². The number of benzene rings is 1. The van der Waals surface area contributed by atoms with Crippen LogP contribution in [0.3, 0.4) is 0 Å². The fraction of sp³-hybridized carbons (Fsp3) is 0.333. The summed E-state index contributed by atoms with van der Waals surface area (Å²) in [6.07, 6.45) is 0. The Morgan fingerprint density at radius 2 is 2.05 bits per heavy atom. The van der Waals surface area contributed by atoms with Crippen LogP contribution in [0.1, 0.15) is 37.0 Å². The Morgan fingerprint density at radius 1 is 1.38 bits per heavy atom. The van der Waals surface area contributed by atoms with Gasteiger partial charge in [0.05, 0.1) is 17.7 Å². The first-order valence-electron chi connectivity index (χ1n) is 6.29. The molecule has 0 radical (unpaired) electrons. The average molecular weight is 312 g/mol. The number of methoxy groups -OCH3 is 1. The molecule has 0 aliphatic rings. The van der Waals surface area contributed by atoms with Crippen LogP contribution in [0.5, 0.6) is 0 Å². The molecular formula is C15H15ClFNO3. The third kappa shape index (κ3) is 2.93. The van der Waals surface area contributed by atoms with Crippen LogP contribution in [0.2, 0.25) is 5.02 Å². The number of esters is 1. The van der Waals surface area contributed by atoms with Gasteiger partial charge >= 0.3 is 5.97 Å². The van der Waals surface area contributed by atoms with Gasteiger partial charge in [-0.15, -0.1) is 0 Å². The standard InChI is InChI=1S/C15H15ClFNO3/c1-15(2,3)12-11(14(19)20-4)21-13(18-12)8-6-5-7-9(17)10(8)16/h5-7H,1-4H3. The van der Waals surface area contributed by atoms with Crippen molar-refractivity contribution in [1.29, 1.82) is 0 Å². The number of aromatic nitrogens is 1. The summed E-state index contributed by atoms with van der Waals surface area (Å²) in [5, 5.41) is -0.101. The van der Waals surface area contributed by atoms with Crippen molar-refractivity contribution in [3.63, 3.8) is 0 Å². The number of hydrogen-bond donors (Lipinski definition) is 0. The van der Waals surface area contributed by atoms with Gasteiger partial charge in [-0.1, -0.05) is 38.4 Å². The highest BCUT2D eigenvalue weighted by atomic mass is 35.5. The maximum Gasteiger partial charge on any atom is 0.376 e. The van der Waals surface area contributed by atoms with Crippen molar-refractivity contribution in [2.75, 3.05) is 7.11 Å². The molecule has 0 atom stereocenters. The van der Waals surface area contributed by atoms with Crippen molar-refractivity contribution in [3.8, 4) is 11.5 Å². The summed E-state index contributed by atoms with van der Waals surface area (Å²) in [5.41, 5.74) is 0.285. The Morgan fingerprint density at radius 3 is 2.62 bits per heavy atom. The van der Waals surface area contributed by atoms with E-state index >= 15 is 0 Å². The largest absolute Gasteiger partial charge is 0.463 e. The molecule has 0 saturated heterocycles. The SMILES string of the molecule is COC(=O)c1oc(-c2cccc(F)c2Cl)nc1C(C)(C)C. The number of rotatable bonds is 2. The van der Waals surface area contributed by atoms with E-state index in [0.717, 1.165) is 0 Å². The van der Waals surface area contributed by atoms with Crippen LogP contribution in [0.4, 0.5) is 4.39 Å². The molecule has 0 aliphatic carbocycles. The number of oxazole rings is 1. The minimum Gasteiger partial charge on any atom is -0.463 e. The van der Waals surface area contributed by atoms with Gasteiger partial charge in [0.1, 0.15) is 11.5 Å². The number of carbonyl (C=O) groups excluding carboxylic acids is 1. The number of halogens is 2. The predicted molar refractivity (Wildman–Crippen MR) is 76.9 cm³/mol. The van der Waals surface area contributed by atoms with Crippen LogP contribution in [-0.2, 0) is 10.2 Å². The van der Waals surface area contributed by atoms with Gasteiger partial charge in [-0.2, -0.15) is 0 Å². The van der Waals surface area contributed by atoms with E-state index in [0.29, 0.717) is 5.69 Å². The highest BCUT2D eigenvalue weighted by Gasteiger charge is 2.30. The summed E-state index contributed by atoms with van der Waals surface area (Å²) in [7, 11) is 1.26. The van der Waals surface area contributed by atoms with Crippen molar-refractivity contribution in [3.05, 3.63) is 40.5 Å². The number of carbonyl (C=O) groups is 1. The molecule has 0 saturated carbocycles. The van der Waals surface area contributed by atoms with E-state index in [2.05, 4.69) is 4.98 Å². The molecule has 0 bridgehead atoms. The van der Waals surface area contributed by atoms with Crippen LogP contribution in [0, 0.1) is 5.82 Å². The van der Waals surface area contributed by atoms with E-state index in [-0.39, 0.29) is 22.2 Å². The third-order valence-electron chi connectivity index (χ3n) is 2.89. The Labute approximate surface area is 126 Å². The molecule has 0 spiro atoms. The van der Waals surface area contributed by atoms with E-state index < -0.39 is 17.2 Å². The molecule has 2 rings (SSSR count). The lowest BCUT2D eigenvalue weighted by Gasteiger charge is -2.15. The van der Waals surface area contributed by atoms with E-state index in [1.54, 1.807) is 6.07 Å². The van der Waals surface area contributed by atoms with Crippen LogP contribution < -0.4 is 0 Å². The van der Waals surface area contributed by atoms with Crippen LogP contribution in [-0.4, -0.2) is 18.1 Å². The minimum absolute atomic E-state index is 0.000304. The molecule has 112 valence electrons.